The van der Waals surface area contributed by atoms with Gasteiger partial charge in [0.25, 0.3) is 0 Å². The van der Waals surface area contributed by atoms with E-state index in [9.17, 15) is 20.4 Å². The maximum atomic E-state index is 9.88. The summed E-state index contributed by atoms with van der Waals surface area (Å²) in [6.45, 7) is 8.09. The highest BCUT2D eigenvalue weighted by Gasteiger charge is 2.22. The minimum absolute atomic E-state index is 0.0175. The zero-order valence-corrected chi connectivity index (χ0v) is 17.4. The van der Waals surface area contributed by atoms with Gasteiger partial charge in [0.1, 0.15) is 0 Å². The molecular weight excluding hydrogens is 352 g/mol. The second-order valence-electron chi connectivity index (χ2n) is 8.03. The number of hydrogen-bond donors (Lipinski definition) is 4. The van der Waals surface area contributed by atoms with E-state index in [1.54, 1.807) is 0 Å². The van der Waals surface area contributed by atoms with Crippen LogP contribution in [-0.4, -0.2) is 46.9 Å². The van der Waals surface area contributed by atoms with Crippen LogP contribution in [0.2, 0.25) is 0 Å². The van der Waals surface area contributed by atoms with E-state index in [0.29, 0.717) is 0 Å². The van der Waals surface area contributed by atoms with Gasteiger partial charge in [-0.15, -0.1) is 0 Å². The first kappa shape index (κ1) is 22.6. The minimum Gasteiger partial charge on any atom is -0.396 e. The van der Waals surface area contributed by atoms with E-state index in [2.05, 4.69) is 18.2 Å². The minimum atomic E-state index is -0.0793. The van der Waals surface area contributed by atoms with Gasteiger partial charge in [0.05, 0.1) is 0 Å². The lowest BCUT2D eigenvalue weighted by Crippen LogP contribution is -2.11. The highest BCUT2D eigenvalue weighted by molar-refractivity contribution is 5.74. The molecule has 0 heterocycles. The number of benzene rings is 2. The smallest absolute Gasteiger partial charge is 0.0497 e. The van der Waals surface area contributed by atoms with E-state index in [1.807, 2.05) is 45.9 Å². The SMILES string of the molecule is CC(CO)c1cccc(-c2c(C(C)CO)cc(C(C)CO)cc2C(C)CO)c1. The molecule has 4 unspecified atom stereocenters. The second kappa shape index (κ2) is 10.2. The maximum absolute atomic E-state index is 9.88. The monoisotopic (exact) mass is 386 g/mol. The maximum Gasteiger partial charge on any atom is 0.0497 e. The Morgan fingerprint density at radius 1 is 0.607 bits per heavy atom. The molecule has 0 fully saturated rings. The third-order valence-electron chi connectivity index (χ3n) is 5.69. The largest absolute Gasteiger partial charge is 0.396 e. The van der Waals surface area contributed by atoms with Crippen LogP contribution in [-0.2, 0) is 0 Å². The lowest BCUT2D eigenvalue weighted by molar-refractivity contribution is 0.268. The first-order valence-corrected chi connectivity index (χ1v) is 10.1. The summed E-state index contributed by atoms with van der Waals surface area (Å²) in [6.07, 6.45) is 0. The Bertz CT molecular complexity index is 740. The zero-order valence-electron chi connectivity index (χ0n) is 17.4. The van der Waals surface area contributed by atoms with Crippen molar-refractivity contribution < 1.29 is 20.4 Å². The molecule has 2 rings (SSSR count). The Labute approximate surface area is 168 Å². The average molecular weight is 387 g/mol. The lowest BCUT2D eigenvalue weighted by atomic mass is 9.80. The highest BCUT2D eigenvalue weighted by atomic mass is 16.3. The molecule has 2 aromatic rings. The predicted molar refractivity (Wildman–Crippen MR) is 114 cm³/mol. The average Bonchev–Trinajstić information content (AvgIpc) is 2.75. The van der Waals surface area contributed by atoms with E-state index < -0.39 is 0 Å². The Morgan fingerprint density at radius 2 is 1.07 bits per heavy atom. The molecule has 0 aliphatic heterocycles. The molecule has 0 aromatic heterocycles. The van der Waals surface area contributed by atoms with E-state index in [-0.39, 0.29) is 50.1 Å². The standard InChI is InChI=1S/C24H34O4/c1-15(11-25)19-6-5-7-20(8-19)24-22(17(3)13-27)9-21(16(2)12-26)10-23(24)18(4)14-28/h5-10,15-18,25-28H,11-14H2,1-4H3. The summed E-state index contributed by atoms with van der Waals surface area (Å²) in [5.41, 5.74) is 6.15. The van der Waals surface area contributed by atoms with Gasteiger partial charge in [-0.3, -0.25) is 0 Å². The van der Waals surface area contributed by atoms with Crippen LogP contribution in [0.5, 0.6) is 0 Å². The second-order valence-corrected chi connectivity index (χ2v) is 8.03. The first-order chi connectivity index (χ1) is 13.4. The van der Waals surface area contributed by atoms with Crippen molar-refractivity contribution in [3.05, 3.63) is 58.7 Å². The summed E-state index contributed by atoms with van der Waals surface area (Å²) >= 11 is 0. The van der Waals surface area contributed by atoms with Crippen LogP contribution in [0.4, 0.5) is 0 Å². The van der Waals surface area contributed by atoms with Crippen molar-refractivity contribution in [3.63, 3.8) is 0 Å². The predicted octanol–water partition coefficient (Wildman–Crippen LogP) is 3.74. The van der Waals surface area contributed by atoms with Crippen molar-refractivity contribution in [1.29, 1.82) is 0 Å². The number of aliphatic hydroxyl groups excluding tert-OH is 4. The molecule has 0 aliphatic rings. The Hall–Kier alpha value is -1.72. The number of hydrogen-bond acceptors (Lipinski definition) is 4. The van der Waals surface area contributed by atoms with Crippen molar-refractivity contribution in [3.8, 4) is 11.1 Å². The summed E-state index contributed by atoms with van der Waals surface area (Å²) in [5.74, 6) is -0.149. The fraction of sp³-hybridized carbons (Fsp3) is 0.500. The zero-order chi connectivity index (χ0) is 20.8. The van der Waals surface area contributed by atoms with E-state index >= 15 is 0 Å². The highest BCUT2D eigenvalue weighted by Crippen LogP contribution is 2.39. The van der Waals surface area contributed by atoms with E-state index in [4.69, 9.17) is 0 Å². The molecule has 0 bridgehead atoms. The van der Waals surface area contributed by atoms with Crippen LogP contribution in [0.25, 0.3) is 11.1 Å². The van der Waals surface area contributed by atoms with Gasteiger partial charge in [0.2, 0.25) is 0 Å². The van der Waals surface area contributed by atoms with Crippen LogP contribution < -0.4 is 0 Å². The Kier molecular flexibility index (Phi) is 8.20. The molecule has 154 valence electrons. The summed E-state index contributed by atoms with van der Waals surface area (Å²) in [4.78, 5) is 0. The molecular formula is C24H34O4. The van der Waals surface area contributed by atoms with Gasteiger partial charge in [-0.05, 0) is 33.4 Å². The molecule has 0 radical (unpaired) electrons. The Balaban J connectivity index is 2.79. The van der Waals surface area contributed by atoms with Crippen molar-refractivity contribution in [1.82, 2.24) is 0 Å². The van der Waals surface area contributed by atoms with Gasteiger partial charge < -0.3 is 20.4 Å². The van der Waals surface area contributed by atoms with E-state index in [0.717, 1.165) is 33.4 Å². The van der Waals surface area contributed by atoms with Crippen LogP contribution in [0.15, 0.2) is 36.4 Å². The molecule has 0 saturated heterocycles. The normalized spacial score (nSPS) is 15.9. The van der Waals surface area contributed by atoms with Crippen LogP contribution in [0, 0.1) is 0 Å². The summed E-state index contributed by atoms with van der Waals surface area (Å²) in [7, 11) is 0. The van der Waals surface area contributed by atoms with Crippen molar-refractivity contribution in [2.45, 2.75) is 51.4 Å². The van der Waals surface area contributed by atoms with Gasteiger partial charge in [-0.1, -0.05) is 64.1 Å². The molecule has 0 spiro atoms. The summed E-state index contributed by atoms with van der Waals surface area (Å²) in [5, 5.41) is 39.0. The van der Waals surface area contributed by atoms with Crippen molar-refractivity contribution in [2.24, 2.45) is 0 Å². The molecule has 4 heteroatoms. The molecule has 0 aliphatic carbocycles. The van der Waals surface area contributed by atoms with Gasteiger partial charge in [0.15, 0.2) is 0 Å². The molecule has 28 heavy (non-hydrogen) atoms. The fourth-order valence-corrected chi connectivity index (χ4v) is 3.52. The summed E-state index contributed by atoms with van der Waals surface area (Å²) < 4.78 is 0. The third kappa shape index (κ3) is 4.81. The van der Waals surface area contributed by atoms with Gasteiger partial charge in [0, 0.05) is 50.1 Å². The third-order valence-corrected chi connectivity index (χ3v) is 5.69. The number of aliphatic hydroxyl groups is 4. The van der Waals surface area contributed by atoms with Crippen LogP contribution >= 0.6 is 0 Å². The van der Waals surface area contributed by atoms with Gasteiger partial charge in [-0.2, -0.15) is 0 Å². The van der Waals surface area contributed by atoms with Crippen molar-refractivity contribution in [2.75, 3.05) is 26.4 Å². The summed E-state index contributed by atoms with van der Waals surface area (Å²) in [6, 6.07) is 12.3. The lowest BCUT2D eigenvalue weighted by Gasteiger charge is -2.25. The molecule has 4 atom stereocenters. The Morgan fingerprint density at radius 3 is 1.54 bits per heavy atom. The molecule has 2 aromatic carbocycles. The van der Waals surface area contributed by atoms with Crippen molar-refractivity contribution >= 4 is 0 Å². The topological polar surface area (TPSA) is 80.9 Å². The molecule has 0 saturated carbocycles. The van der Waals surface area contributed by atoms with Gasteiger partial charge in [-0.25, -0.2) is 0 Å². The fourth-order valence-electron chi connectivity index (χ4n) is 3.52. The molecule has 0 amide bonds. The van der Waals surface area contributed by atoms with Gasteiger partial charge >= 0.3 is 0 Å². The molecule has 4 nitrogen and oxygen atoms in total. The first-order valence-electron chi connectivity index (χ1n) is 10.1. The van der Waals surface area contributed by atoms with Crippen LogP contribution in [0.1, 0.15) is 73.6 Å². The quantitative estimate of drug-likeness (QED) is 0.529. The molecule has 4 N–H and O–H groups in total. The van der Waals surface area contributed by atoms with Crippen LogP contribution in [0.3, 0.4) is 0 Å². The number of rotatable bonds is 9. The van der Waals surface area contributed by atoms with E-state index in [1.165, 1.54) is 0 Å².